The van der Waals surface area contributed by atoms with E-state index in [1.54, 1.807) is 30.0 Å². The van der Waals surface area contributed by atoms with Gasteiger partial charge in [-0.2, -0.15) is 0 Å². The Bertz CT molecular complexity index is 951. The highest BCUT2D eigenvalue weighted by atomic mass is 32.2. The van der Waals surface area contributed by atoms with Crippen LogP contribution in [0, 0.1) is 0 Å². The van der Waals surface area contributed by atoms with Crippen molar-refractivity contribution in [3.8, 4) is 0 Å². The number of carbonyl (C=O) groups is 2. The van der Waals surface area contributed by atoms with Crippen LogP contribution in [-0.2, 0) is 14.8 Å². The number of ketones is 1. The normalized spacial score (nSPS) is 14.7. The van der Waals surface area contributed by atoms with Crippen molar-refractivity contribution in [2.75, 3.05) is 37.6 Å². The molecule has 2 aromatic rings. The van der Waals surface area contributed by atoms with Crippen molar-refractivity contribution in [3.05, 3.63) is 60.2 Å². The Morgan fingerprint density at radius 3 is 2.14 bits per heavy atom. The number of carbonyl (C=O) groups excluding carboxylic acids is 2. The second kappa shape index (κ2) is 9.19. The van der Waals surface area contributed by atoms with Gasteiger partial charge in [0, 0.05) is 50.4 Å². The van der Waals surface area contributed by atoms with Gasteiger partial charge in [-0.15, -0.1) is 0 Å². The van der Waals surface area contributed by atoms with Gasteiger partial charge in [-0.1, -0.05) is 18.2 Å². The molecule has 0 saturated carbocycles. The summed E-state index contributed by atoms with van der Waals surface area (Å²) >= 11 is 0. The second-order valence-corrected chi connectivity index (χ2v) is 8.70. The number of nitrogens with one attached hydrogen (secondary N) is 1. The van der Waals surface area contributed by atoms with Crippen LogP contribution in [0.3, 0.4) is 0 Å². The van der Waals surface area contributed by atoms with Crippen LogP contribution in [0.25, 0.3) is 0 Å². The number of hydrogen-bond acceptors (Lipinski definition) is 5. The fourth-order valence-electron chi connectivity index (χ4n) is 3.25. The molecule has 8 heteroatoms. The maximum absolute atomic E-state index is 12.4. The number of nitrogens with zero attached hydrogens (tertiary/aromatic N) is 2. The number of sulfonamides is 1. The summed E-state index contributed by atoms with van der Waals surface area (Å²) in [6, 6.07) is 15.6. The average Bonchev–Trinajstić information content (AvgIpc) is 2.74. The molecule has 1 N–H and O–H groups in total. The van der Waals surface area contributed by atoms with E-state index in [0.29, 0.717) is 31.7 Å². The lowest BCUT2D eigenvalue weighted by molar-refractivity contribution is -0.131. The van der Waals surface area contributed by atoms with Crippen LogP contribution in [0.2, 0.25) is 0 Å². The minimum absolute atomic E-state index is 0.0369. The summed E-state index contributed by atoms with van der Waals surface area (Å²) in [4.78, 5) is 27.9. The van der Waals surface area contributed by atoms with Gasteiger partial charge in [0.15, 0.2) is 5.78 Å². The summed E-state index contributed by atoms with van der Waals surface area (Å²) in [7, 11) is -3.59. The molecule has 0 bridgehead atoms. The molecule has 1 aliphatic heterocycles. The SMILES string of the molecule is CC(=O)c1ccc(N2CCN(C(=O)CCNS(=O)(=O)c3ccccc3)CC2)cc1. The van der Waals surface area contributed by atoms with E-state index < -0.39 is 10.0 Å². The third-order valence-electron chi connectivity index (χ3n) is 4.96. The fraction of sp³-hybridized carbons (Fsp3) is 0.333. The minimum atomic E-state index is -3.59. The number of rotatable bonds is 7. The van der Waals surface area contributed by atoms with Gasteiger partial charge in [0.25, 0.3) is 0 Å². The number of anilines is 1. The van der Waals surface area contributed by atoms with E-state index in [2.05, 4.69) is 9.62 Å². The first-order valence-corrected chi connectivity index (χ1v) is 11.0. The highest BCUT2D eigenvalue weighted by molar-refractivity contribution is 7.89. The number of amides is 1. The van der Waals surface area contributed by atoms with Crippen molar-refractivity contribution in [1.29, 1.82) is 0 Å². The predicted molar refractivity (Wildman–Crippen MR) is 111 cm³/mol. The van der Waals surface area contributed by atoms with Crippen LogP contribution in [0.15, 0.2) is 59.5 Å². The zero-order valence-corrected chi connectivity index (χ0v) is 17.2. The zero-order chi connectivity index (χ0) is 20.9. The van der Waals surface area contributed by atoms with Crippen molar-refractivity contribution in [2.24, 2.45) is 0 Å². The third-order valence-corrected chi connectivity index (χ3v) is 6.43. The van der Waals surface area contributed by atoms with Crippen LogP contribution in [0.5, 0.6) is 0 Å². The van der Waals surface area contributed by atoms with Gasteiger partial charge < -0.3 is 9.80 Å². The molecule has 0 aromatic heterocycles. The average molecular weight is 416 g/mol. The van der Waals surface area contributed by atoms with Crippen molar-refractivity contribution in [1.82, 2.24) is 9.62 Å². The molecule has 1 heterocycles. The molecule has 2 aromatic carbocycles. The summed E-state index contributed by atoms with van der Waals surface area (Å²) in [6.07, 6.45) is 0.124. The van der Waals surface area contributed by atoms with E-state index >= 15 is 0 Å². The van der Waals surface area contributed by atoms with E-state index in [1.165, 1.54) is 12.1 Å². The number of benzene rings is 2. The van der Waals surface area contributed by atoms with Crippen LogP contribution >= 0.6 is 0 Å². The van der Waals surface area contributed by atoms with E-state index in [9.17, 15) is 18.0 Å². The van der Waals surface area contributed by atoms with Crippen LogP contribution in [0.1, 0.15) is 23.7 Å². The van der Waals surface area contributed by atoms with Gasteiger partial charge in [-0.3, -0.25) is 9.59 Å². The van der Waals surface area contributed by atoms with Gasteiger partial charge in [0.2, 0.25) is 15.9 Å². The van der Waals surface area contributed by atoms with Gasteiger partial charge in [-0.05, 0) is 43.3 Å². The number of hydrogen-bond donors (Lipinski definition) is 1. The molecule has 0 radical (unpaired) electrons. The maximum atomic E-state index is 12.4. The lowest BCUT2D eigenvalue weighted by Gasteiger charge is -2.36. The van der Waals surface area contributed by atoms with Crippen molar-refractivity contribution >= 4 is 27.4 Å². The smallest absolute Gasteiger partial charge is 0.240 e. The molecule has 3 rings (SSSR count). The summed E-state index contributed by atoms with van der Waals surface area (Å²) in [5, 5.41) is 0. The molecule has 1 amide bonds. The first-order chi connectivity index (χ1) is 13.9. The van der Waals surface area contributed by atoms with Gasteiger partial charge in [0.05, 0.1) is 4.90 Å². The minimum Gasteiger partial charge on any atom is -0.368 e. The predicted octanol–water partition coefficient (Wildman–Crippen LogP) is 1.91. The third kappa shape index (κ3) is 5.42. The Morgan fingerprint density at radius 1 is 0.931 bits per heavy atom. The quantitative estimate of drug-likeness (QED) is 0.698. The van der Waals surface area contributed by atoms with Gasteiger partial charge in [-0.25, -0.2) is 13.1 Å². The summed E-state index contributed by atoms with van der Waals surface area (Å²) in [5.74, 6) is -0.0257. The monoisotopic (exact) mass is 415 g/mol. The van der Waals surface area contributed by atoms with E-state index in [4.69, 9.17) is 0 Å². The lowest BCUT2D eigenvalue weighted by Crippen LogP contribution is -2.49. The molecular formula is C21H25N3O4S. The van der Waals surface area contributed by atoms with Crippen molar-refractivity contribution in [2.45, 2.75) is 18.2 Å². The van der Waals surface area contributed by atoms with E-state index in [0.717, 1.165) is 5.69 Å². The molecule has 0 atom stereocenters. The van der Waals surface area contributed by atoms with Crippen LogP contribution in [-0.4, -0.2) is 57.7 Å². The Labute approximate surface area is 171 Å². The lowest BCUT2D eigenvalue weighted by atomic mass is 10.1. The van der Waals surface area contributed by atoms with E-state index in [-0.39, 0.29) is 29.6 Å². The molecule has 0 aliphatic carbocycles. The van der Waals surface area contributed by atoms with E-state index in [1.807, 2.05) is 24.3 Å². The number of Topliss-reactive ketones (excluding diaryl/α,β-unsaturated/α-hetero) is 1. The van der Waals surface area contributed by atoms with Crippen molar-refractivity contribution in [3.63, 3.8) is 0 Å². The molecule has 0 unspecified atom stereocenters. The highest BCUT2D eigenvalue weighted by Crippen LogP contribution is 2.18. The largest absolute Gasteiger partial charge is 0.368 e. The topological polar surface area (TPSA) is 86.8 Å². The summed E-state index contributed by atoms with van der Waals surface area (Å²) in [6.45, 7) is 4.17. The molecule has 29 heavy (non-hydrogen) atoms. The zero-order valence-electron chi connectivity index (χ0n) is 16.4. The first-order valence-electron chi connectivity index (χ1n) is 9.55. The van der Waals surface area contributed by atoms with Gasteiger partial charge in [0.1, 0.15) is 0 Å². The Morgan fingerprint density at radius 2 is 1.55 bits per heavy atom. The standard InChI is InChI=1S/C21H25N3O4S/c1-17(25)18-7-9-19(10-8-18)23-13-15-24(16-14-23)21(26)11-12-22-29(27,28)20-5-3-2-4-6-20/h2-10,22H,11-16H2,1H3. The second-order valence-electron chi connectivity index (χ2n) is 6.93. The molecule has 7 nitrogen and oxygen atoms in total. The molecule has 154 valence electrons. The Kier molecular flexibility index (Phi) is 6.66. The molecule has 1 fully saturated rings. The summed E-state index contributed by atoms with van der Waals surface area (Å²) < 4.78 is 26.9. The Balaban J connectivity index is 1.46. The van der Waals surface area contributed by atoms with Crippen LogP contribution in [0.4, 0.5) is 5.69 Å². The maximum Gasteiger partial charge on any atom is 0.240 e. The molecular weight excluding hydrogens is 390 g/mol. The van der Waals surface area contributed by atoms with Crippen molar-refractivity contribution < 1.29 is 18.0 Å². The molecule has 1 aliphatic rings. The fourth-order valence-corrected chi connectivity index (χ4v) is 4.31. The highest BCUT2D eigenvalue weighted by Gasteiger charge is 2.22. The number of piperazine rings is 1. The van der Waals surface area contributed by atoms with Crippen LogP contribution < -0.4 is 9.62 Å². The first kappa shape index (κ1) is 21.0. The summed E-state index contributed by atoms with van der Waals surface area (Å²) in [5.41, 5.74) is 1.71. The molecule has 0 spiro atoms. The van der Waals surface area contributed by atoms with Gasteiger partial charge >= 0.3 is 0 Å². The molecule has 1 saturated heterocycles. The Hall–Kier alpha value is -2.71.